The van der Waals surface area contributed by atoms with Gasteiger partial charge in [-0.25, -0.2) is 0 Å². The smallest absolute Gasteiger partial charge is 0.290 e. The standard InChI is InChI=1S/C26H18N2O3S2/c1-31-21-13-12-17(16-24-25(29)27-26(30)33-24)15-18(21)7-6-14-28-19-8-2-4-10-22(19)32-23-11-5-3-9-20(23)28/h2-5,8-13,15-16H,14H2,1H3,(H,27,29,30). The number of amides is 2. The molecule has 3 aromatic carbocycles. The van der Waals surface area contributed by atoms with Crippen LogP contribution in [0.1, 0.15) is 11.1 Å². The summed E-state index contributed by atoms with van der Waals surface area (Å²) in [6, 6.07) is 22.2. The first kappa shape index (κ1) is 21.3. The maximum Gasteiger partial charge on any atom is 0.290 e. The molecule has 0 unspecified atom stereocenters. The summed E-state index contributed by atoms with van der Waals surface area (Å²) in [6.45, 7) is 0.510. The second-order valence-electron chi connectivity index (χ2n) is 7.24. The number of ether oxygens (including phenoxy) is 1. The third-order valence-electron chi connectivity index (χ3n) is 5.16. The van der Waals surface area contributed by atoms with Gasteiger partial charge < -0.3 is 9.64 Å². The Morgan fingerprint density at radius 2 is 1.67 bits per heavy atom. The van der Waals surface area contributed by atoms with Gasteiger partial charge in [-0.2, -0.15) is 0 Å². The number of carbonyl (C=O) groups excluding carboxylic acids is 2. The minimum absolute atomic E-state index is 0.361. The Balaban J connectivity index is 1.46. The Morgan fingerprint density at radius 1 is 0.970 bits per heavy atom. The van der Waals surface area contributed by atoms with E-state index in [1.54, 1.807) is 24.9 Å². The van der Waals surface area contributed by atoms with Crippen molar-refractivity contribution in [1.82, 2.24) is 5.32 Å². The molecule has 0 bridgehead atoms. The first-order valence-corrected chi connectivity index (χ1v) is 11.8. The number of fused-ring (bicyclic) bond motifs is 2. The molecule has 5 nitrogen and oxygen atoms in total. The highest BCUT2D eigenvalue weighted by molar-refractivity contribution is 8.18. The summed E-state index contributed by atoms with van der Waals surface area (Å²) in [5.41, 5.74) is 3.76. The van der Waals surface area contributed by atoms with Gasteiger partial charge in [0.25, 0.3) is 11.1 Å². The number of nitrogens with one attached hydrogen (secondary N) is 1. The van der Waals surface area contributed by atoms with Crippen LogP contribution in [0.2, 0.25) is 0 Å². The maximum absolute atomic E-state index is 11.9. The zero-order valence-corrected chi connectivity index (χ0v) is 19.3. The summed E-state index contributed by atoms with van der Waals surface area (Å²) in [5.74, 6) is 6.79. The van der Waals surface area contributed by atoms with Gasteiger partial charge in [-0.1, -0.05) is 53.9 Å². The van der Waals surface area contributed by atoms with Gasteiger partial charge in [-0.05, 0) is 59.8 Å². The fourth-order valence-electron chi connectivity index (χ4n) is 3.65. The predicted molar refractivity (Wildman–Crippen MR) is 133 cm³/mol. The normalized spacial score (nSPS) is 15.4. The van der Waals surface area contributed by atoms with Crippen LogP contribution in [0.5, 0.6) is 5.75 Å². The second kappa shape index (κ2) is 9.10. The number of benzene rings is 3. The molecule has 0 saturated carbocycles. The molecule has 1 fully saturated rings. The van der Waals surface area contributed by atoms with E-state index in [0.717, 1.165) is 34.3 Å². The average molecular weight is 471 g/mol. The van der Waals surface area contributed by atoms with E-state index in [-0.39, 0.29) is 11.1 Å². The van der Waals surface area contributed by atoms with Crippen LogP contribution in [-0.4, -0.2) is 24.8 Å². The number of hydrogen-bond donors (Lipinski definition) is 1. The highest BCUT2D eigenvalue weighted by Gasteiger charge is 2.25. The van der Waals surface area contributed by atoms with Gasteiger partial charge in [0.15, 0.2) is 0 Å². The van der Waals surface area contributed by atoms with Crippen LogP contribution in [0.3, 0.4) is 0 Å². The molecule has 0 radical (unpaired) electrons. The fourth-order valence-corrected chi connectivity index (χ4v) is 5.43. The molecule has 2 aliphatic rings. The van der Waals surface area contributed by atoms with Gasteiger partial charge in [0.1, 0.15) is 5.75 Å². The average Bonchev–Trinajstić information content (AvgIpc) is 3.15. The first-order valence-electron chi connectivity index (χ1n) is 10.2. The van der Waals surface area contributed by atoms with Crippen LogP contribution in [0.4, 0.5) is 16.2 Å². The Labute approximate surface area is 200 Å². The van der Waals surface area contributed by atoms with Gasteiger partial charge in [0.05, 0.1) is 35.5 Å². The van der Waals surface area contributed by atoms with E-state index in [9.17, 15) is 9.59 Å². The molecule has 0 spiro atoms. The molecular weight excluding hydrogens is 452 g/mol. The van der Waals surface area contributed by atoms with E-state index in [4.69, 9.17) is 4.74 Å². The van der Waals surface area contributed by atoms with Gasteiger partial charge >= 0.3 is 0 Å². The molecule has 2 aliphatic heterocycles. The number of para-hydroxylation sites is 2. The van der Waals surface area contributed by atoms with E-state index >= 15 is 0 Å². The molecule has 162 valence electrons. The van der Waals surface area contributed by atoms with Crippen molar-refractivity contribution in [3.63, 3.8) is 0 Å². The van der Waals surface area contributed by atoms with E-state index in [2.05, 4.69) is 46.3 Å². The lowest BCUT2D eigenvalue weighted by Gasteiger charge is -2.31. The predicted octanol–water partition coefficient (Wildman–Crippen LogP) is 5.67. The number of imide groups is 1. The zero-order valence-electron chi connectivity index (χ0n) is 17.6. The molecular formula is C26H18N2O3S2. The van der Waals surface area contributed by atoms with Crippen LogP contribution in [0.15, 0.2) is 81.4 Å². The summed E-state index contributed by atoms with van der Waals surface area (Å²) < 4.78 is 5.48. The molecule has 3 aromatic rings. The van der Waals surface area contributed by atoms with E-state index in [1.807, 2.05) is 42.5 Å². The van der Waals surface area contributed by atoms with Crippen molar-refractivity contribution in [2.45, 2.75) is 9.79 Å². The Kier molecular flexibility index (Phi) is 5.86. The summed E-state index contributed by atoms with van der Waals surface area (Å²) in [6.07, 6.45) is 1.68. The van der Waals surface area contributed by atoms with Gasteiger partial charge in [-0.3, -0.25) is 14.9 Å². The molecule has 33 heavy (non-hydrogen) atoms. The van der Waals surface area contributed by atoms with E-state index in [1.165, 1.54) is 9.79 Å². The lowest BCUT2D eigenvalue weighted by atomic mass is 10.1. The van der Waals surface area contributed by atoms with Crippen LogP contribution >= 0.6 is 23.5 Å². The number of thioether (sulfide) groups is 1. The maximum atomic E-state index is 11.9. The lowest BCUT2D eigenvalue weighted by Crippen LogP contribution is -2.20. The van der Waals surface area contributed by atoms with Crippen molar-refractivity contribution in [2.24, 2.45) is 0 Å². The molecule has 1 saturated heterocycles. The third kappa shape index (κ3) is 4.36. The van der Waals surface area contributed by atoms with Gasteiger partial charge in [0.2, 0.25) is 0 Å². The summed E-state index contributed by atoms with van der Waals surface area (Å²) in [5, 5.41) is 1.91. The van der Waals surface area contributed by atoms with Crippen LogP contribution in [0.25, 0.3) is 6.08 Å². The molecule has 2 amide bonds. The molecule has 7 heteroatoms. The SMILES string of the molecule is COc1ccc(C=C2SC(=O)NC2=O)cc1C#CCN1c2ccccc2Sc2ccccc21. The lowest BCUT2D eigenvalue weighted by molar-refractivity contribution is -0.115. The van der Waals surface area contributed by atoms with Crippen LogP contribution in [-0.2, 0) is 4.79 Å². The van der Waals surface area contributed by atoms with Crippen molar-refractivity contribution in [3.05, 3.63) is 82.8 Å². The number of rotatable bonds is 3. The topological polar surface area (TPSA) is 58.6 Å². The summed E-state index contributed by atoms with van der Waals surface area (Å²) in [7, 11) is 1.60. The molecule has 0 aromatic heterocycles. The second-order valence-corrected chi connectivity index (χ2v) is 9.34. The van der Waals surface area contributed by atoms with Crippen LogP contribution in [0, 0.1) is 11.8 Å². The summed E-state index contributed by atoms with van der Waals surface area (Å²) >= 11 is 2.66. The highest BCUT2D eigenvalue weighted by atomic mass is 32.2. The molecule has 5 rings (SSSR count). The summed E-state index contributed by atoms with van der Waals surface area (Å²) in [4.78, 5) is 28.3. The molecule has 0 atom stereocenters. The number of nitrogens with zero attached hydrogens (tertiary/aromatic N) is 1. The Morgan fingerprint density at radius 3 is 2.30 bits per heavy atom. The number of methoxy groups -OCH3 is 1. The van der Waals surface area contributed by atoms with E-state index in [0.29, 0.717) is 17.2 Å². The van der Waals surface area contributed by atoms with Crippen molar-refractivity contribution in [1.29, 1.82) is 0 Å². The first-order chi connectivity index (χ1) is 16.1. The minimum Gasteiger partial charge on any atom is -0.495 e. The fraction of sp³-hybridized carbons (Fsp3) is 0.0769. The Hall–Kier alpha value is -3.60. The number of hydrogen-bond acceptors (Lipinski definition) is 6. The number of carbonyl (C=O) groups is 2. The van der Waals surface area contributed by atoms with Crippen molar-refractivity contribution < 1.29 is 14.3 Å². The number of anilines is 2. The molecule has 1 N–H and O–H groups in total. The van der Waals surface area contributed by atoms with E-state index < -0.39 is 0 Å². The van der Waals surface area contributed by atoms with Crippen LogP contribution < -0.4 is 15.0 Å². The van der Waals surface area contributed by atoms with Crippen molar-refractivity contribution >= 4 is 52.1 Å². The van der Waals surface area contributed by atoms with Gasteiger partial charge in [-0.15, -0.1) is 0 Å². The van der Waals surface area contributed by atoms with Crippen molar-refractivity contribution in [3.8, 4) is 17.6 Å². The zero-order chi connectivity index (χ0) is 22.8. The van der Waals surface area contributed by atoms with Crippen molar-refractivity contribution in [2.75, 3.05) is 18.6 Å². The Bertz CT molecular complexity index is 1330. The quantitative estimate of drug-likeness (QED) is 0.393. The molecule has 0 aliphatic carbocycles. The largest absolute Gasteiger partial charge is 0.495 e. The monoisotopic (exact) mass is 470 g/mol. The molecule has 2 heterocycles. The third-order valence-corrected chi connectivity index (χ3v) is 7.10. The highest BCUT2D eigenvalue weighted by Crippen LogP contribution is 2.47. The van der Waals surface area contributed by atoms with Gasteiger partial charge in [0, 0.05) is 9.79 Å². The minimum atomic E-state index is -0.381.